The Labute approximate surface area is 161 Å². The molecule has 27 heavy (non-hydrogen) atoms. The molecule has 0 unspecified atom stereocenters. The summed E-state index contributed by atoms with van der Waals surface area (Å²) in [4.78, 5) is 14.9. The van der Waals surface area contributed by atoms with Gasteiger partial charge in [0, 0.05) is 25.7 Å². The minimum Gasteiger partial charge on any atom is -0.338 e. The molecule has 7 nitrogen and oxygen atoms in total. The second-order valence-electron chi connectivity index (χ2n) is 6.98. The topological polar surface area (TPSA) is 76.1 Å². The second-order valence-corrected chi connectivity index (χ2v) is 9.03. The van der Waals surface area contributed by atoms with Crippen LogP contribution in [-0.4, -0.2) is 52.0 Å². The Bertz CT molecular complexity index is 802. The number of unbranched alkanes of at least 4 members (excludes halogenated alkanes) is 1. The largest absolute Gasteiger partial charge is 0.338 e. The molecule has 1 aromatic carbocycles. The Morgan fingerprint density at radius 3 is 2.52 bits per heavy atom. The molecule has 0 atom stereocenters. The lowest BCUT2D eigenvalue weighted by atomic mass is 10.1. The van der Waals surface area contributed by atoms with Gasteiger partial charge in [-0.2, -0.15) is 0 Å². The number of hydrogen-bond acceptors (Lipinski definition) is 5. The fourth-order valence-electron chi connectivity index (χ4n) is 3.51. The average Bonchev–Trinajstić information content (AvgIpc) is 2.89. The Balaban J connectivity index is 2.05. The third-order valence-electron chi connectivity index (χ3n) is 5.02. The zero-order chi connectivity index (χ0) is 19.7. The van der Waals surface area contributed by atoms with Crippen molar-refractivity contribution >= 4 is 21.6 Å². The predicted octanol–water partition coefficient (Wildman–Crippen LogP) is 2.45. The number of amides is 1. The standard InChI is InChI=1S/C19H28N2O5S/c1-4-6-11-20(3)27(23,24)15-8-9-17-16(14-15)19(25-12-7-13-26-19)18(22)21(17)10-5-2/h8-9,14H,4-7,10-13H2,1-3H3. The Hall–Kier alpha value is -1.48. The fraction of sp³-hybridized carbons (Fsp3) is 0.632. The summed E-state index contributed by atoms with van der Waals surface area (Å²) in [7, 11) is -2.06. The van der Waals surface area contributed by atoms with Crippen LogP contribution in [-0.2, 0) is 30.1 Å². The summed E-state index contributed by atoms with van der Waals surface area (Å²) in [6.07, 6.45) is 3.19. The van der Waals surface area contributed by atoms with Crippen LogP contribution in [0.4, 0.5) is 5.69 Å². The number of hydrogen-bond donors (Lipinski definition) is 0. The van der Waals surface area contributed by atoms with Gasteiger partial charge < -0.3 is 14.4 Å². The minimum absolute atomic E-state index is 0.156. The predicted molar refractivity (Wildman–Crippen MR) is 102 cm³/mol. The fourth-order valence-corrected chi connectivity index (χ4v) is 4.75. The molecular formula is C19H28N2O5S. The quantitative estimate of drug-likeness (QED) is 0.708. The SMILES string of the molecule is CCCCN(C)S(=O)(=O)c1ccc2c(c1)C1(OCCCO1)C(=O)N2CCC. The summed E-state index contributed by atoms with van der Waals surface area (Å²) >= 11 is 0. The molecule has 1 saturated heterocycles. The molecule has 1 amide bonds. The number of rotatable bonds is 7. The van der Waals surface area contributed by atoms with Crippen LogP contribution in [0.5, 0.6) is 0 Å². The molecule has 8 heteroatoms. The maximum absolute atomic E-state index is 13.1. The van der Waals surface area contributed by atoms with Crippen LogP contribution in [0.2, 0.25) is 0 Å². The van der Waals surface area contributed by atoms with Crippen LogP contribution in [0.1, 0.15) is 45.1 Å². The van der Waals surface area contributed by atoms with Gasteiger partial charge in [-0.05, 0) is 37.5 Å². The summed E-state index contributed by atoms with van der Waals surface area (Å²) in [5.41, 5.74) is 1.16. The first-order valence-corrected chi connectivity index (χ1v) is 11.0. The highest BCUT2D eigenvalue weighted by atomic mass is 32.2. The molecule has 150 valence electrons. The zero-order valence-corrected chi connectivity index (χ0v) is 17.0. The highest BCUT2D eigenvalue weighted by molar-refractivity contribution is 7.89. The van der Waals surface area contributed by atoms with Crippen molar-refractivity contribution in [2.24, 2.45) is 0 Å². The Morgan fingerprint density at radius 2 is 1.89 bits per heavy atom. The number of benzene rings is 1. The van der Waals surface area contributed by atoms with Crippen LogP contribution in [0.15, 0.2) is 23.1 Å². The third kappa shape index (κ3) is 3.40. The molecule has 0 aromatic heterocycles. The van der Waals surface area contributed by atoms with Gasteiger partial charge in [0.15, 0.2) is 0 Å². The number of ether oxygens (including phenoxy) is 2. The van der Waals surface area contributed by atoms with E-state index in [0.29, 0.717) is 44.0 Å². The molecule has 2 aliphatic rings. The second kappa shape index (κ2) is 7.87. The molecule has 1 fully saturated rings. The minimum atomic E-state index is -3.64. The van der Waals surface area contributed by atoms with Crippen LogP contribution in [0.25, 0.3) is 0 Å². The van der Waals surface area contributed by atoms with E-state index in [2.05, 4.69) is 0 Å². The van der Waals surface area contributed by atoms with Crippen molar-refractivity contribution in [3.63, 3.8) is 0 Å². The monoisotopic (exact) mass is 396 g/mol. The van der Waals surface area contributed by atoms with E-state index in [1.165, 1.54) is 4.31 Å². The molecule has 2 aliphatic heterocycles. The maximum Gasteiger partial charge on any atom is 0.292 e. The van der Waals surface area contributed by atoms with Gasteiger partial charge in [-0.15, -0.1) is 0 Å². The maximum atomic E-state index is 13.1. The highest BCUT2D eigenvalue weighted by Crippen LogP contribution is 2.46. The van der Waals surface area contributed by atoms with Crippen LogP contribution >= 0.6 is 0 Å². The molecule has 0 radical (unpaired) electrons. The van der Waals surface area contributed by atoms with E-state index in [0.717, 1.165) is 19.3 Å². The lowest BCUT2D eigenvalue weighted by Gasteiger charge is -2.32. The van der Waals surface area contributed by atoms with E-state index < -0.39 is 15.8 Å². The van der Waals surface area contributed by atoms with Crippen molar-refractivity contribution in [1.29, 1.82) is 0 Å². The highest BCUT2D eigenvalue weighted by Gasteiger charge is 2.55. The zero-order valence-electron chi connectivity index (χ0n) is 16.2. The van der Waals surface area contributed by atoms with Gasteiger partial charge in [-0.25, -0.2) is 12.7 Å². The summed E-state index contributed by atoms with van der Waals surface area (Å²) in [6.45, 7) is 5.79. The van der Waals surface area contributed by atoms with Crippen LogP contribution in [0.3, 0.4) is 0 Å². The van der Waals surface area contributed by atoms with E-state index in [1.54, 1.807) is 30.1 Å². The van der Waals surface area contributed by atoms with E-state index in [1.807, 2.05) is 13.8 Å². The van der Waals surface area contributed by atoms with Crippen LogP contribution in [0, 0.1) is 0 Å². The van der Waals surface area contributed by atoms with Crippen molar-refractivity contribution in [2.45, 2.75) is 50.2 Å². The number of anilines is 1. The van der Waals surface area contributed by atoms with E-state index in [4.69, 9.17) is 9.47 Å². The first kappa shape index (κ1) is 20.3. The lowest BCUT2D eigenvalue weighted by Crippen LogP contribution is -2.47. The lowest BCUT2D eigenvalue weighted by molar-refractivity contribution is -0.256. The van der Waals surface area contributed by atoms with Gasteiger partial charge >= 0.3 is 0 Å². The number of fused-ring (bicyclic) bond motifs is 2. The molecular weight excluding hydrogens is 368 g/mol. The number of sulfonamides is 1. The molecule has 3 rings (SSSR count). The summed E-state index contributed by atoms with van der Waals surface area (Å²) < 4.78 is 38.9. The number of nitrogens with zero attached hydrogens (tertiary/aromatic N) is 2. The van der Waals surface area contributed by atoms with E-state index in [-0.39, 0.29) is 10.8 Å². The van der Waals surface area contributed by atoms with E-state index >= 15 is 0 Å². The first-order chi connectivity index (χ1) is 12.9. The Morgan fingerprint density at radius 1 is 1.19 bits per heavy atom. The van der Waals surface area contributed by atoms with Crippen molar-refractivity contribution in [3.05, 3.63) is 23.8 Å². The van der Waals surface area contributed by atoms with Gasteiger partial charge in [0.05, 0.1) is 23.8 Å². The van der Waals surface area contributed by atoms with Crippen molar-refractivity contribution in [3.8, 4) is 0 Å². The normalized spacial score (nSPS) is 19.1. The van der Waals surface area contributed by atoms with Gasteiger partial charge in [-0.1, -0.05) is 20.3 Å². The number of carbonyl (C=O) groups excluding carboxylic acids is 1. The molecule has 2 heterocycles. The number of carbonyl (C=O) groups is 1. The Kier molecular flexibility index (Phi) is 5.90. The molecule has 0 saturated carbocycles. The average molecular weight is 397 g/mol. The molecule has 1 spiro atoms. The molecule has 0 aliphatic carbocycles. The van der Waals surface area contributed by atoms with Gasteiger partial charge in [0.2, 0.25) is 10.0 Å². The summed E-state index contributed by atoms with van der Waals surface area (Å²) in [5.74, 6) is -1.79. The van der Waals surface area contributed by atoms with Crippen LogP contribution < -0.4 is 4.90 Å². The summed E-state index contributed by atoms with van der Waals surface area (Å²) in [5, 5.41) is 0. The first-order valence-electron chi connectivity index (χ1n) is 9.59. The van der Waals surface area contributed by atoms with Crippen molar-refractivity contribution in [2.75, 3.05) is 38.3 Å². The van der Waals surface area contributed by atoms with Gasteiger partial charge in [0.1, 0.15) is 0 Å². The molecule has 1 aromatic rings. The van der Waals surface area contributed by atoms with Crippen molar-refractivity contribution in [1.82, 2.24) is 4.31 Å². The summed E-state index contributed by atoms with van der Waals surface area (Å²) in [6, 6.07) is 4.81. The van der Waals surface area contributed by atoms with E-state index in [9.17, 15) is 13.2 Å². The van der Waals surface area contributed by atoms with Crippen molar-refractivity contribution < 1.29 is 22.7 Å². The van der Waals surface area contributed by atoms with Gasteiger partial charge in [0.25, 0.3) is 11.7 Å². The van der Waals surface area contributed by atoms with Gasteiger partial charge in [-0.3, -0.25) is 4.79 Å². The molecule has 0 N–H and O–H groups in total. The smallest absolute Gasteiger partial charge is 0.292 e. The third-order valence-corrected chi connectivity index (χ3v) is 6.87. The molecule has 0 bridgehead atoms.